The number of hydrogen-bond donors (Lipinski definition) is 3. The molecular formula is C10H14O3. The summed E-state index contributed by atoms with van der Waals surface area (Å²) >= 11 is 0. The van der Waals surface area contributed by atoms with Crippen LogP contribution < -0.4 is 0 Å². The van der Waals surface area contributed by atoms with E-state index in [2.05, 4.69) is 0 Å². The first-order valence-corrected chi connectivity index (χ1v) is 4.32. The first-order valence-electron chi connectivity index (χ1n) is 4.32. The number of aromatic hydroxyl groups is 2. The quantitative estimate of drug-likeness (QED) is 0.619. The molecule has 0 aliphatic carbocycles. The van der Waals surface area contributed by atoms with E-state index in [0.29, 0.717) is 12.8 Å². The highest BCUT2D eigenvalue weighted by atomic mass is 16.3. The number of aliphatic hydroxyl groups excluding tert-OH is 1. The van der Waals surface area contributed by atoms with Crippen LogP contribution in [0, 0.1) is 0 Å². The molecular weight excluding hydrogens is 168 g/mol. The molecule has 0 unspecified atom stereocenters. The summed E-state index contributed by atoms with van der Waals surface area (Å²) in [6, 6.07) is 4.58. The molecule has 1 atom stereocenters. The van der Waals surface area contributed by atoms with Crippen LogP contribution >= 0.6 is 0 Å². The lowest BCUT2D eigenvalue weighted by molar-refractivity contribution is 0.170. The maximum Gasteiger partial charge on any atom is 0.157 e. The predicted molar refractivity (Wildman–Crippen MR) is 49.8 cm³/mol. The number of hydrogen-bond acceptors (Lipinski definition) is 3. The van der Waals surface area contributed by atoms with Crippen molar-refractivity contribution in [1.29, 1.82) is 0 Å². The van der Waals surface area contributed by atoms with E-state index in [1.807, 2.05) is 6.92 Å². The molecule has 1 rings (SSSR count). The number of rotatable bonds is 3. The van der Waals surface area contributed by atoms with Crippen LogP contribution in [-0.4, -0.2) is 21.4 Å². The van der Waals surface area contributed by atoms with Gasteiger partial charge in [0.1, 0.15) is 0 Å². The van der Waals surface area contributed by atoms with Crippen molar-refractivity contribution in [2.75, 3.05) is 0 Å². The zero-order chi connectivity index (χ0) is 9.84. The Morgan fingerprint density at radius 2 is 1.92 bits per heavy atom. The minimum absolute atomic E-state index is 0.130. The molecule has 1 aromatic carbocycles. The second kappa shape index (κ2) is 4.14. The van der Waals surface area contributed by atoms with E-state index in [1.165, 1.54) is 12.1 Å². The normalized spacial score (nSPS) is 12.8. The standard InChI is InChI=1S/C10H14O3/c1-2-8(11)5-7-3-4-9(12)10(13)6-7/h3-4,6,8,11-13H,2,5H2,1H3/t8-/m0/s1. The van der Waals surface area contributed by atoms with Crippen molar-refractivity contribution in [2.24, 2.45) is 0 Å². The molecule has 0 aromatic heterocycles. The van der Waals surface area contributed by atoms with Crippen LogP contribution in [0.1, 0.15) is 18.9 Å². The molecule has 0 heterocycles. The Balaban J connectivity index is 2.73. The highest BCUT2D eigenvalue weighted by Crippen LogP contribution is 2.25. The van der Waals surface area contributed by atoms with Gasteiger partial charge in [-0.2, -0.15) is 0 Å². The molecule has 0 amide bonds. The predicted octanol–water partition coefficient (Wildman–Crippen LogP) is 1.41. The molecule has 0 spiro atoms. The largest absolute Gasteiger partial charge is 0.504 e. The molecule has 1 aromatic rings. The lowest BCUT2D eigenvalue weighted by atomic mass is 10.1. The smallest absolute Gasteiger partial charge is 0.157 e. The molecule has 3 nitrogen and oxygen atoms in total. The molecule has 0 saturated heterocycles. The van der Waals surface area contributed by atoms with Gasteiger partial charge in [-0.05, 0) is 30.5 Å². The van der Waals surface area contributed by atoms with Crippen molar-refractivity contribution in [3.05, 3.63) is 23.8 Å². The van der Waals surface area contributed by atoms with E-state index in [1.54, 1.807) is 6.07 Å². The minimum atomic E-state index is -0.385. The van der Waals surface area contributed by atoms with Crippen LogP contribution in [0.2, 0.25) is 0 Å². The SMILES string of the molecule is CC[C@H](O)Cc1ccc(O)c(O)c1. The Labute approximate surface area is 77.3 Å². The van der Waals surface area contributed by atoms with Crippen LogP contribution in [-0.2, 0) is 6.42 Å². The summed E-state index contributed by atoms with van der Waals surface area (Å²) in [5.41, 5.74) is 0.824. The van der Waals surface area contributed by atoms with E-state index in [-0.39, 0.29) is 17.6 Å². The Hall–Kier alpha value is -1.22. The van der Waals surface area contributed by atoms with Gasteiger partial charge < -0.3 is 15.3 Å². The Bertz CT molecular complexity index is 283. The lowest BCUT2D eigenvalue weighted by Crippen LogP contribution is -2.07. The second-order valence-corrected chi connectivity index (χ2v) is 3.09. The summed E-state index contributed by atoms with van der Waals surface area (Å²) in [5.74, 6) is -0.268. The van der Waals surface area contributed by atoms with Gasteiger partial charge >= 0.3 is 0 Å². The van der Waals surface area contributed by atoms with Gasteiger partial charge in [0.15, 0.2) is 11.5 Å². The van der Waals surface area contributed by atoms with Crippen molar-refractivity contribution >= 4 is 0 Å². The topological polar surface area (TPSA) is 60.7 Å². The average Bonchev–Trinajstić information content (AvgIpc) is 2.11. The molecule has 0 aliphatic heterocycles. The molecule has 0 radical (unpaired) electrons. The Kier molecular flexibility index (Phi) is 3.14. The van der Waals surface area contributed by atoms with Crippen molar-refractivity contribution in [3.63, 3.8) is 0 Å². The number of aliphatic hydroxyl groups is 1. The van der Waals surface area contributed by atoms with Crippen LogP contribution in [0.4, 0.5) is 0 Å². The van der Waals surface area contributed by atoms with Gasteiger partial charge in [0.2, 0.25) is 0 Å². The molecule has 0 aliphatic rings. The fraction of sp³-hybridized carbons (Fsp3) is 0.400. The number of benzene rings is 1. The van der Waals surface area contributed by atoms with Crippen molar-refractivity contribution in [2.45, 2.75) is 25.9 Å². The third-order valence-corrected chi connectivity index (χ3v) is 1.98. The average molecular weight is 182 g/mol. The number of phenolic OH excluding ortho intramolecular Hbond substituents is 2. The van der Waals surface area contributed by atoms with Gasteiger partial charge in [-0.3, -0.25) is 0 Å². The molecule has 3 N–H and O–H groups in total. The van der Waals surface area contributed by atoms with Gasteiger partial charge in [0, 0.05) is 0 Å². The maximum absolute atomic E-state index is 9.33. The fourth-order valence-electron chi connectivity index (χ4n) is 1.11. The van der Waals surface area contributed by atoms with Gasteiger partial charge in [-0.25, -0.2) is 0 Å². The van der Waals surface area contributed by atoms with Crippen molar-refractivity contribution < 1.29 is 15.3 Å². The van der Waals surface area contributed by atoms with Gasteiger partial charge in [-0.15, -0.1) is 0 Å². The second-order valence-electron chi connectivity index (χ2n) is 3.09. The zero-order valence-corrected chi connectivity index (χ0v) is 7.57. The van der Waals surface area contributed by atoms with Crippen molar-refractivity contribution in [1.82, 2.24) is 0 Å². The van der Waals surface area contributed by atoms with Gasteiger partial charge in [0.25, 0.3) is 0 Å². The molecule has 0 fully saturated rings. The minimum Gasteiger partial charge on any atom is -0.504 e. The van der Waals surface area contributed by atoms with Gasteiger partial charge in [-0.1, -0.05) is 13.0 Å². The first kappa shape index (κ1) is 9.86. The summed E-state index contributed by atoms with van der Waals surface area (Å²) in [4.78, 5) is 0. The van der Waals surface area contributed by atoms with Crippen molar-refractivity contribution in [3.8, 4) is 11.5 Å². The van der Waals surface area contributed by atoms with E-state index in [0.717, 1.165) is 5.56 Å². The molecule has 13 heavy (non-hydrogen) atoms. The van der Waals surface area contributed by atoms with E-state index < -0.39 is 0 Å². The first-order chi connectivity index (χ1) is 6.13. The Morgan fingerprint density at radius 3 is 2.46 bits per heavy atom. The Morgan fingerprint density at radius 1 is 1.23 bits per heavy atom. The molecule has 0 bridgehead atoms. The third-order valence-electron chi connectivity index (χ3n) is 1.98. The molecule has 72 valence electrons. The third kappa shape index (κ3) is 2.63. The summed E-state index contributed by atoms with van der Waals surface area (Å²) in [6.45, 7) is 1.89. The number of phenols is 2. The molecule has 0 saturated carbocycles. The highest BCUT2D eigenvalue weighted by Gasteiger charge is 2.05. The van der Waals surface area contributed by atoms with E-state index >= 15 is 0 Å². The molecule has 3 heteroatoms. The summed E-state index contributed by atoms with van der Waals surface area (Å²) in [7, 11) is 0. The lowest BCUT2D eigenvalue weighted by Gasteiger charge is -2.07. The highest BCUT2D eigenvalue weighted by molar-refractivity contribution is 5.40. The van der Waals surface area contributed by atoms with Crippen LogP contribution in [0.3, 0.4) is 0 Å². The monoisotopic (exact) mass is 182 g/mol. The zero-order valence-electron chi connectivity index (χ0n) is 7.57. The maximum atomic E-state index is 9.33. The van der Waals surface area contributed by atoms with Crippen LogP contribution in [0.25, 0.3) is 0 Å². The van der Waals surface area contributed by atoms with Gasteiger partial charge in [0.05, 0.1) is 6.10 Å². The summed E-state index contributed by atoms with van der Waals surface area (Å²) < 4.78 is 0. The van der Waals surface area contributed by atoms with E-state index in [4.69, 9.17) is 10.2 Å². The summed E-state index contributed by atoms with van der Waals surface area (Å²) in [5, 5.41) is 27.5. The fourth-order valence-corrected chi connectivity index (χ4v) is 1.11. The van der Waals surface area contributed by atoms with Crippen LogP contribution in [0.15, 0.2) is 18.2 Å². The van der Waals surface area contributed by atoms with E-state index in [9.17, 15) is 5.11 Å². The van der Waals surface area contributed by atoms with Crippen LogP contribution in [0.5, 0.6) is 11.5 Å². The summed E-state index contributed by atoms with van der Waals surface area (Å²) in [6.07, 6.45) is 0.801.